The zero-order valence-electron chi connectivity index (χ0n) is 22.0. The van der Waals surface area contributed by atoms with E-state index in [1.807, 2.05) is 9.80 Å². The summed E-state index contributed by atoms with van der Waals surface area (Å²) in [6.45, 7) is 3.97. The summed E-state index contributed by atoms with van der Waals surface area (Å²) in [4.78, 5) is 21.0. The summed E-state index contributed by atoms with van der Waals surface area (Å²) in [5.41, 5.74) is 4.60. The number of carbonyl (C=O) groups is 1. The predicted molar refractivity (Wildman–Crippen MR) is 142 cm³/mol. The number of carbonyl (C=O) groups excluding carboxylic acids is 1. The van der Waals surface area contributed by atoms with Gasteiger partial charge in [0, 0.05) is 44.0 Å². The maximum Gasteiger partial charge on any atom is 0.258 e. The molecule has 39 heavy (non-hydrogen) atoms. The van der Waals surface area contributed by atoms with E-state index < -0.39 is 45.9 Å². The Morgan fingerprint density at radius 3 is 2.49 bits per heavy atom. The minimum atomic E-state index is -1.40. The molecule has 4 rings (SSSR count). The van der Waals surface area contributed by atoms with Crippen molar-refractivity contribution in [3.8, 4) is 16.9 Å². The Morgan fingerprint density at radius 1 is 1.10 bits per heavy atom. The molecule has 2 heterocycles. The van der Waals surface area contributed by atoms with Crippen molar-refractivity contribution in [3.63, 3.8) is 0 Å². The number of likely N-dealkylation sites (N-methyl/N-ethyl adjacent to an activating group) is 1. The molecule has 0 radical (unpaired) electrons. The fraction of sp³-hybridized carbons (Fsp3) is 0.357. The molecule has 0 bridgehead atoms. The number of hydrogen-bond acceptors (Lipinski definition) is 6. The normalized spacial score (nSPS) is 17.4. The number of ether oxygens (including phenoxy) is 1. The van der Waals surface area contributed by atoms with Crippen LogP contribution in [-0.4, -0.2) is 62.2 Å². The molecule has 1 aliphatic rings. The van der Waals surface area contributed by atoms with Gasteiger partial charge in [0.05, 0.1) is 34.3 Å². The van der Waals surface area contributed by atoms with E-state index >= 15 is 4.39 Å². The first kappa shape index (κ1) is 28.3. The first-order chi connectivity index (χ1) is 18.5. The molecule has 1 saturated heterocycles. The monoisotopic (exact) mass is 545 g/mol. The molecule has 3 aromatic rings. The fourth-order valence-corrected chi connectivity index (χ4v) is 4.72. The molecule has 208 valence electrons. The lowest BCUT2D eigenvalue weighted by atomic mass is 9.96. The third kappa shape index (κ3) is 6.48. The van der Waals surface area contributed by atoms with Gasteiger partial charge >= 0.3 is 0 Å². The van der Waals surface area contributed by atoms with E-state index in [9.17, 15) is 18.0 Å². The lowest BCUT2D eigenvalue weighted by Gasteiger charge is -2.37. The molecule has 11 heteroatoms. The number of rotatable bonds is 8. The number of nitrogens with one attached hydrogen (secondary N) is 1. The molecule has 0 spiro atoms. The van der Waals surface area contributed by atoms with Crippen molar-refractivity contribution in [1.29, 1.82) is 0 Å². The first-order valence-corrected chi connectivity index (χ1v) is 12.6. The highest BCUT2D eigenvalue weighted by Gasteiger charge is 2.27. The number of nitrogens with two attached hydrogens (primary N) is 1. The molecular formula is C28H31F4N5O2. The third-order valence-electron chi connectivity index (χ3n) is 6.49. The summed E-state index contributed by atoms with van der Waals surface area (Å²) < 4.78 is 65.6. The van der Waals surface area contributed by atoms with E-state index in [1.54, 1.807) is 26.4 Å². The van der Waals surface area contributed by atoms with Gasteiger partial charge in [0.1, 0.15) is 35.6 Å². The maximum absolute atomic E-state index is 15.6. The largest absolute Gasteiger partial charge is 0.492 e. The summed E-state index contributed by atoms with van der Waals surface area (Å²) in [6.07, 6.45) is 3.84. The predicted octanol–water partition coefficient (Wildman–Crippen LogP) is 4.67. The number of nitrogens with zero attached hydrogens (tertiary/aromatic N) is 3. The smallest absolute Gasteiger partial charge is 0.258 e. The molecule has 1 fully saturated rings. The number of halogens is 4. The van der Waals surface area contributed by atoms with Gasteiger partial charge in [-0.25, -0.2) is 17.6 Å². The molecular weight excluding hydrogens is 514 g/mol. The highest BCUT2D eigenvalue weighted by atomic mass is 19.1. The van der Waals surface area contributed by atoms with Crippen molar-refractivity contribution in [2.75, 3.05) is 50.6 Å². The van der Waals surface area contributed by atoms with Gasteiger partial charge in [-0.1, -0.05) is 6.92 Å². The molecule has 1 aliphatic heterocycles. The van der Waals surface area contributed by atoms with Crippen LogP contribution in [0.4, 0.5) is 28.9 Å². The highest BCUT2D eigenvalue weighted by Crippen LogP contribution is 2.35. The van der Waals surface area contributed by atoms with Gasteiger partial charge in [-0.15, -0.1) is 0 Å². The number of hydrogen-bond donors (Lipinski definition) is 2. The first-order valence-electron chi connectivity index (χ1n) is 12.6. The molecule has 7 nitrogen and oxygen atoms in total. The van der Waals surface area contributed by atoms with Gasteiger partial charge in [0.25, 0.3) is 5.91 Å². The van der Waals surface area contributed by atoms with Crippen LogP contribution in [0.25, 0.3) is 11.1 Å². The van der Waals surface area contributed by atoms with Crippen molar-refractivity contribution < 1.29 is 27.1 Å². The number of aromatic nitrogens is 1. The second-order valence-corrected chi connectivity index (χ2v) is 10.1. The van der Waals surface area contributed by atoms with Crippen LogP contribution in [0.5, 0.6) is 5.75 Å². The van der Waals surface area contributed by atoms with Gasteiger partial charge in [-0.3, -0.25) is 9.78 Å². The molecule has 0 saturated carbocycles. The summed E-state index contributed by atoms with van der Waals surface area (Å²) in [5.74, 6) is -5.81. The quantitative estimate of drug-likeness (QED) is 0.401. The van der Waals surface area contributed by atoms with Crippen molar-refractivity contribution in [1.82, 2.24) is 9.88 Å². The minimum absolute atomic E-state index is 0.0582. The Kier molecular flexibility index (Phi) is 8.71. The third-order valence-corrected chi connectivity index (χ3v) is 6.49. The van der Waals surface area contributed by atoms with Crippen LogP contribution in [0.3, 0.4) is 0 Å². The van der Waals surface area contributed by atoms with E-state index in [4.69, 9.17) is 10.5 Å². The van der Waals surface area contributed by atoms with Gasteiger partial charge in [0.2, 0.25) is 0 Å². The van der Waals surface area contributed by atoms with Crippen LogP contribution >= 0.6 is 0 Å². The number of anilines is 2. The fourth-order valence-electron chi connectivity index (χ4n) is 4.72. The van der Waals surface area contributed by atoms with Gasteiger partial charge < -0.3 is 25.6 Å². The van der Waals surface area contributed by atoms with Crippen LogP contribution in [0, 0.1) is 29.2 Å². The number of amides is 1. The maximum atomic E-state index is 15.6. The van der Waals surface area contributed by atoms with E-state index in [2.05, 4.69) is 17.2 Å². The van der Waals surface area contributed by atoms with Crippen LogP contribution in [0.15, 0.2) is 42.7 Å². The lowest BCUT2D eigenvalue weighted by Crippen LogP contribution is -2.46. The van der Waals surface area contributed by atoms with E-state index in [-0.39, 0.29) is 18.4 Å². The van der Waals surface area contributed by atoms with Gasteiger partial charge in [0.15, 0.2) is 0 Å². The van der Waals surface area contributed by atoms with Crippen molar-refractivity contribution in [2.24, 2.45) is 11.7 Å². The Bertz CT molecular complexity index is 1320. The Hall–Kier alpha value is -3.70. The summed E-state index contributed by atoms with van der Waals surface area (Å²) in [7, 11) is 3.61. The minimum Gasteiger partial charge on any atom is -0.492 e. The second kappa shape index (κ2) is 12.0. The average Bonchev–Trinajstić information content (AvgIpc) is 2.85. The summed E-state index contributed by atoms with van der Waals surface area (Å²) in [6, 6.07) is 5.07. The van der Waals surface area contributed by atoms with E-state index in [0.717, 1.165) is 30.7 Å². The number of pyridine rings is 1. The van der Waals surface area contributed by atoms with Crippen LogP contribution in [0.1, 0.15) is 23.7 Å². The second-order valence-electron chi connectivity index (χ2n) is 10.1. The Labute approximate surface area is 224 Å². The Balaban J connectivity index is 1.63. The summed E-state index contributed by atoms with van der Waals surface area (Å²) >= 11 is 0. The van der Waals surface area contributed by atoms with Crippen molar-refractivity contribution in [2.45, 2.75) is 19.4 Å². The SMILES string of the molecule is C[C@@H]1C[C@H](N)CN(c2ccncc2NC(=O)c2ccc(F)c(-c3c(F)cc(OCCN(C)C)cc3F)c2F)C1. The molecule has 3 N–H and O–H groups in total. The molecule has 2 atom stereocenters. The molecule has 1 aromatic heterocycles. The molecule has 1 amide bonds. The van der Waals surface area contributed by atoms with E-state index in [1.165, 1.54) is 6.20 Å². The molecule has 0 unspecified atom stereocenters. The highest BCUT2D eigenvalue weighted by molar-refractivity contribution is 6.06. The zero-order chi connectivity index (χ0) is 28.3. The topological polar surface area (TPSA) is 83.7 Å². The molecule has 2 aromatic carbocycles. The standard InChI is InChI=1S/C28H31F4N5O2/c1-16-10-17(33)15-37(14-16)24-6-7-34-13-23(24)35-28(38)19-4-5-20(29)26(27(19)32)25-21(30)11-18(12-22(25)31)39-9-8-36(2)3/h4-7,11-13,16-17H,8-10,14-15,33H2,1-3H3,(H,35,38)/t16-,17+/m1/s1. The average molecular weight is 546 g/mol. The van der Waals surface area contributed by atoms with Crippen molar-refractivity contribution >= 4 is 17.3 Å². The van der Waals surface area contributed by atoms with Crippen LogP contribution in [-0.2, 0) is 0 Å². The number of piperidine rings is 1. The van der Waals surface area contributed by atoms with Gasteiger partial charge in [-0.2, -0.15) is 0 Å². The molecule has 0 aliphatic carbocycles. The lowest BCUT2D eigenvalue weighted by molar-refractivity contribution is 0.102. The van der Waals surface area contributed by atoms with Gasteiger partial charge in [-0.05, 0) is 44.6 Å². The summed E-state index contributed by atoms with van der Waals surface area (Å²) in [5, 5.41) is 2.61. The van der Waals surface area contributed by atoms with Crippen molar-refractivity contribution in [3.05, 3.63) is 71.6 Å². The van der Waals surface area contributed by atoms with E-state index in [0.29, 0.717) is 36.9 Å². The van der Waals surface area contributed by atoms with Crippen LogP contribution < -0.4 is 20.7 Å². The Morgan fingerprint density at radius 2 is 1.82 bits per heavy atom. The number of benzene rings is 2. The zero-order valence-corrected chi connectivity index (χ0v) is 22.0. The van der Waals surface area contributed by atoms with Crippen LogP contribution in [0.2, 0.25) is 0 Å².